The molecule has 1 aliphatic heterocycles. The molecule has 0 saturated carbocycles. The van der Waals surface area contributed by atoms with Gasteiger partial charge >= 0.3 is 5.97 Å². The Kier molecular flexibility index (Phi) is 4.62. The van der Waals surface area contributed by atoms with Crippen molar-refractivity contribution in [1.82, 2.24) is 4.90 Å². The molecule has 1 aliphatic rings. The Morgan fingerprint density at radius 3 is 2.24 bits per heavy atom. The second-order valence-corrected chi connectivity index (χ2v) is 4.44. The van der Waals surface area contributed by atoms with Crippen LogP contribution in [-0.2, 0) is 14.4 Å². The van der Waals surface area contributed by atoms with E-state index >= 15 is 0 Å². The summed E-state index contributed by atoms with van der Waals surface area (Å²) in [6.07, 6.45) is 1.01. The third kappa shape index (κ3) is 3.81. The van der Waals surface area contributed by atoms with Crippen LogP contribution in [-0.4, -0.2) is 46.8 Å². The molecule has 6 nitrogen and oxygen atoms in total. The number of amides is 1. The van der Waals surface area contributed by atoms with Crippen LogP contribution in [0.25, 0.3) is 0 Å². The summed E-state index contributed by atoms with van der Waals surface area (Å²) in [4.78, 5) is 34.9. The van der Waals surface area contributed by atoms with Gasteiger partial charge in [0.1, 0.15) is 5.78 Å². The lowest BCUT2D eigenvalue weighted by Gasteiger charge is -2.34. The second-order valence-electron chi connectivity index (χ2n) is 4.44. The van der Waals surface area contributed by atoms with Crippen molar-refractivity contribution in [3.63, 3.8) is 0 Å². The number of piperidine rings is 1. The van der Waals surface area contributed by atoms with Gasteiger partial charge in [0.05, 0.1) is 12.5 Å². The summed E-state index contributed by atoms with van der Waals surface area (Å²) in [5.41, 5.74) is 5.21. The van der Waals surface area contributed by atoms with Crippen molar-refractivity contribution >= 4 is 17.7 Å². The van der Waals surface area contributed by atoms with Gasteiger partial charge in [-0.25, -0.2) is 0 Å². The van der Waals surface area contributed by atoms with Crippen LogP contribution in [0.15, 0.2) is 0 Å². The number of hydrogen-bond acceptors (Lipinski definition) is 4. The molecule has 0 aromatic carbocycles. The molecule has 1 heterocycles. The highest BCUT2D eigenvalue weighted by atomic mass is 16.4. The highest BCUT2D eigenvalue weighted by molar-refractivity contribution is 5.86. The van der Waals surface area contributed by atoms with E-state index in [4.69, 9.17) is 10.8 Å². The molecule has 0 aromatic rings. The molecule has 1 atom stereocenters. The first-order chi connectivity index (χ1) is 7.91. The number of nitrogens with two attached hydrogens (primary N) is 1. The molecule has 0 radical (unpaired) electrons. The molecule has 3 N–H and O–H groups in total. The standard InChI is InChI=1S/C11H18N2O4/c1-7(14)9(6-10(15)16)13-4-2-8(3-5-13)11(12)17/h8-9H,2-6H2,1H3,(H2,12,17)(H,15,16). The maximum Gasteiger partial charge on any atom is 0.305 e. The molecule has 17 heavy (non-hydrogen) atoms. The molecule has 1 rings (SSSR count). The number of carboxylic acid groups (broad SMARTS) is 1. The van der Waals surface area contributed by atoms with E-state index in [0.717, 1.165) is 0 Å². The molecule has 96 valence electrons. The van der Waals surface area contributed by atoms with Crippen LogP contribution in [0.4, 0.5) is 0 Å². The molecule has 1 saturated heterocycles. The fourth-order valence-electron chi connectivity index (χ4n) is 2.19. The average molecular weight is 242 g/mol. The highest BCUT2D eigenvalue weighted by Gasteiger charge is 2.30. The van der Waals surface area contributed by atoms with Crippen LogP contribution in [0.1, 0.15) is 26.2 Å². The van der Waals surface area contributed by atoms with Crippen molar-refractivity contribution in [2.24, 2.45) is 11.7 Å². The van der Waals surface area contributed by atoms with E-state index in [0.29, 0.717) is 25.9 Å². The topological polar surface area (TPSA) is 101 Å². The number of ketones is 1. The first kappa shape index (κ1) is 13.6. The zero-order chi connectivity index (χ0) is 13.0. The molecule has 0 bridgehead atoms. The van der Waals surface area contributed by atoms with Crippen molar-refractivity contribution in [2.75, 3.05) is 13.1 Å². The summed E-state index contributed by atoms with van der Waals surface area (Å²) in [6.45, 7) is 2.49. The van der Waals surface area contributed by atoms with Crippen molar-refractivity contribution in [2.45, 2.75) is 32.2 Å². The number of Topliss-reactive ketones (excluding diaryl/α,β-unsaturated/α-hetero) is 1. The number of likely N-dealkylation sites (tertiary alicyclic amines) is 1. The number of primary amides is 1. The summed E-state index contributed by atoms with van der Waals surface area (Å²) in [6, 6.07) is -0.582. The highest BCUT2D eigenvalue weighted by Crippen LogP contribution is 2.20. The van der Waals surface area contributed by atoms with Crippen LogP contribution in [0, 0.1) is 5.92 Å². The van der Waals surface area contributed by atoms with Gasteiger partial charge in [-0.05, 0) is 32.9 Å². The van der Waals surface area contributed by atoms with Gasteiger partial charge in [-0.1, -0.05) is 0 Å². The lowest BCUT2D eigenvalue weighted by molar-refractivity contribution is -0.141. The van der Waals surface area contributed by atoms with Gasteiger partial charge in [0.2, 0.25) is 5.91 Å². The Labute approximate surface area is 99.8 Å². The van der Waals surface area contributed by atoms with E-state index in [1.165, 1.54) is 6.92 Å². The third-order valence-corrected chi connectivity index (χ3v) is 3.21. The Hall–Kier alpha value is -1.43. The molecule has 1 fully saturated rings. The van der Waals surface area contributed by atoms with Gasteiger partial charge < -0.3 is 10.8 Å². The minimum atomic E-state index is -0.984. The van der Waals surface area contributed by atoms with Crippen LogP contribution in [0.2, 0.25) is 0 Å². The van der Waals surface area contributed by atoms with Crippen molar-refractivity contribution in [3.05, 3.63) is 0 Å². The molecule has 0 aromatic heterocycles. The molecule has 1 unspecified atom stereocenters. The molecule has 0 aliphatic carbocycles. The molecular formula is C11H18N2O4. The first-order valence-corrected chi connectivity index (χ1v) is 5.67. The number of carbonyl (C=O) groups excluding carboxylic acids is 2. The lowest BCUT2D eigenvalue weighted by Crippen LogP contribution is -2.47. The summed E-state index contributed by atoms with van der Waals surface area (Å²) in [5, 5.41) is 8.75. The Balaban J connectivity index is 2.57. The summed E-state index contributed by atoms with van der Waals surface area (Å²) < 4.78 is 0. The zero-order valence-corrected chi connectivity index (χ0v) is 9.89. The number of carboxylic acids is 1. The van der Waals surface area contributed by atoms with Gasteiger partial charge in [-0.2, -0.15) is 0 Å². The predicted octanol–water partition coefficient (Wildman–Crippen LogP) is -0.384. The molecule has 1 amide bonds. The van der Waals surface area contributed by atoms with Crippen LogP contribution in [0.5, 0.6) is 0 Å². The number of nitrogens with zero attached hydrogens (tertiary/aromatic N) is 1. The van der Waals surface area contributed by atoms with Gasteiger partial charge in [0.15, 0.2) is 0 Å². The van der Waals surface area contributed by atoms with E-state index in [9.17, 15) is 14.4 Å². The number of aliphatic carboxylic acids is 1. The maximum atomic E-state index is 11.4. The lowest BCUT2D eigenvalue weighted by atomic mass is 9.94. The fourth-order valence-corrected chi connectivity index (χ4v) is 2.19. The van der Waals surface area contributed by atoms with Gasteiger partial charge in [0, 0.05) is 5.92 Å². The second kappa shape index (κ2) is 5.77. The summed E-state index contributed by atoms with van der Waals surface area (Å²) in [7, 11) is 0. The Morgan fingerprint density at radius 1 is 1.35 bits per heavy atom. The van der Waals surface area contributed by atoms with E-state index in [1.807, 2.05) is 4.90 Å². The van der Waals surface area contributed by atoms with E-state index in [-0.39, 0.29) is 24.0 Å². The van der Waals surface area contributed by atoms with Crippen LogP contribution >= 0.6 is 0 Å². The molecule has 6 heteroatoms. The van der Waals surface area contributed by atoms with E-state index in [1.54, 1.807) is 0 Å². The first-order valence-electron chi connectivity index (χ1n) is 5.67. The number of carbonyl (C=O) groups is 3. The Bertz CT molecular complexity index is 321. The summed E-state index contributed by atoms with van der Waals surface area (Å²) in [5.74, 6) is -1.60. The van der Waals surface area contributed by atoms with Crippen LogP contribution < -0.4 is 5.73 Å². The van der Waals surface area contributed by atoms with Crippen molar-refractivity contribution < 1.29 is 19.5 Å². The quantitative estimate of drug-likeness (QED) is 0.684. The van der Waals surface area contributed by atoms with Crippen LogP contribution in [0.3, 0.4) is 0 Å². The van der Waals surface area contributed by atoms with Gasteiger partial charge in [0.25, 0.3) is 0 Å². The SMILES string of the molecule is CC(=O)C(CC(=O)O)N1CCC(C(N)=O)CC1. The monoisotopic (exact) mass is 242 g/mol. The van der Waals surface area contributed by atoms with Gasteiger partial charge in [-0.15, -0.1) is 0 Å². The smallest absolute Gasteiger partial charge is 0.305 e. The maximum absolute atomic E-state index is 11.4. The molecular weight excluding hydrogens is 224 g/mol. The van der Waals surface area contributed by atoms with Crippen molar-refractivity contribution in [1.29, 1.82) is 0 Å². The third-order valence-electron chi connectivity index (χ3n) is 3.21. The minimum absolute atomic E-state index is 0.148. The van der Waals surface area contributed by atoms with E-state index in [2.05, 4.69) is 0 Å². The zero-order valence-electron chi connectivity index (χ0n) is 9.89. The predicted molar refractivity (Wildman–Crippen MR) is 60.2 cm³/mol. The van der Waals surface area contributed by atoms with Gasteiger partial charge in [-0.3, -0.25) is 19.3 Å². The minimum Gasteiger partial charge on any atom is -0.481 e. The van der Waals surface area contributed by atoms with Crippen molar-refractivity contribution in [3.8, 4) is 0 Å². The largest absolute Gasteiger partial charge is 0.481 e. The normalized spacial score (nSPS) is 19.8. The summed E-state index contributed by atoms with van der Waals surface area (Å²) >= 11 is 0. The fraction of sp³-hybridized carbons (Fsp3) is 0.727. The number of rotatable bonds is 5. The Morgan fingerprint density at radius 2 is 1.88 bits per heavy atom. The molecule has 0 spiro atoms. The van der Waals surface area contributed by atoms with E-state index < -0.39 is 12.0 Å². The number of hydrogen-bond donors (Lipinski definition) is 2. The average Bonchev–Trinajstić information content (AvgIpc) is 2.25.